The Labute approximate surface area is 156 Å². The van der Waals surface area contributed by atoms with Gasteiger partial charge in [0.25, 0.3) is 5.91 Å². The van der Waals surface area contributed by atoms with Crippen LogP contribution >= 0.6 is 0 Å². The Morgan fingerprint density at radius 1 is 1.04 bits per heavy atom. The molecule has 6 nitrogen and oxygen atoms in total. The first kappa shape index (κ1) is 22.0. The third kappa shape index (κ3) is 3.44. The number of benzene rings is 1. The van der Waals surface area contributed by atoms with Gasteiger partial charge in [-0.25, -0.2) is 26.7 Å². The fraction of sp³-hybridized carbons (Fsp3) is 0.529. The number of nitrogens with zero attached hydrogens (tertiary/aromatic N) is 1. The van der Waals surface area contributed by atoms with Gasteiger partial charge in [-0.05, 0) is 26.7 Å². The normalized spacial score (nSPS) is 18.5. The summed E-state index contributed by atoms with van der Waals surface area (Å²) in [5.74, 6) is -14.0. The molecule has 1 aliphatic rings. The van der Waals surface area contributed by atoms with Crippen LogP contribution in [0.4, 0.5) is 22.0 Å². The maximum Gasteiger partial charge on any atom is 0.340 e. The van der Waals surface area contributed by atoms with E-state index in [4.69, 9.17) is 4.74 Å². The number of hydrogen-bond acceptors (Lipinski definition) is 5. The van der Waals surface area contributed by atoms with Gasteiger partial charge in [0.15, 0.2) is 28.9 Å². The standard InChI is InChI=1S/C17H18F5NO5/c1-3-28-15(25)16(2,26)17(27)4-6-23(7-5-17)14(24)8-9(18)11(20)13(22)12(21)10(8)19/h26-27H,3-7H2,1-2H3. The lowest BCUT2D eigenvalue weighted by molar-refractivity contribution is -0.201. The molecular weight excluding hydrogens is 393 g/mol. The molecule has 156 valence electrons. The second kappa shape index (κ2) is 7.63. The topological polar surface area (TPSA) is 87.1 Å². The molecule has 1 saturated heterocycles. The first-order valence-corrected chi connectivity index (χ1v) is 8.31. The van der Waals surface area contributed by atoms with E-state index in [2.05, 4.69) is 0 Å². The third-order valence-corrected chi connectivity index (χ3v) is 4.88. The molecule has 0 bridgehead atoms. The molecule has 0 radical (unpaired) electrons. The van der Waals surface area contributed by atoms with E-state index in [9.17, 15) is 41.8 Å². The molecule has 1 fully saturated rings. The molecule has 1 aromatic carbocycles. The highest BCUT2D eigenvalue weighted by molar-refractivity contribution is 5.95. The molecule has 2 rings (SSSR count). The number of hydrogen-bond donors (Lipinski definition) is 2. The maximum atomic E-state index is 13.8. The van der Waals surface area contributed by atoms with Crippen molar-refractivity contribution in [1.29, 1.82) is 0 Å². The van der Waals surface area contributed by atoms with Crippen LogP contribution in [0.15, 0.2) is 0 Å². The van der Waals surface area contributed by atoms with E-state index >= 15 is 0 Å². The summed E-state index contributed by atoms with van der Waals surface area (Å²) in [6.07, 6.45) is -0.806. The van der Waals surface area contributed by atoms with Crippen LogP contribution in [0.5, 0.6) is 0 Å². The monoisotopic (exact) mass is 411 g/mol. The fourth-order valence-electron chi connectivity index (χ4n) is 2.98. The van der Waals surface area contributed by atoms with Gasteiger partial charge in [-0.3, -0.25) is 4.79 Å². The molecule has 0 spiro atoms. The molecule has 0 aliphatic carbocycles. The first-order valence-electron chi connectivity index (χ1n) is 8.31. The number of aliphatic hydroxyl groups is 2. The van der Waals surface area contributed by atoms with Crippen LogP contribution in [0.3, 0.4) is 0 Å². The minimum atomic E-state index is -2.38. The van der Waals surface area contributed by atoms with Crippen LogP contribution in [-0.2, 0) is 9.53 Å². The highest BCUT2D eigenvalue weighted by atomic mass is 19.2. The van der Waals surface area contributed by atoms with E-state index < -0.39 is 83.7 Å². The molecule has 11 heteroatoms. The number of likely N-dealkylation sites (tertiary alicyclic amines) is 1. The zero-order chi connectivity index (χ0) is 21.4. The molecule has 2 N–H and O–H groups in total. The molecule has 1 amide bonds. The quantitative estimate of drug-likeness (QED) is 0.341. The Kier molecular flexibility index (Phi) is 6.00. The van der Waals surface area contributed by atoms with Gasteiger partial charge in [0.05, 0.1) is 6.61 Å². The lowest BCUT2D eigenvalue weighted by atomic mass is 9.77. The highest BCUT2D eigenvalue weighted by Crippen LogP contribution is 2.35. The Bertz CT molecular complexity index is 777. The van der Waals surface area contributed by atoms with Crippen molar-refractivity contribution >= 4 is 11.9 Å². The van der Waals surface area contributed by atoms with Gasteiger partial charge in [0.1, 0.15) is 11.2 Å². The van der Waals surface area contributed by atoms with E-state index in [-0.39, 0.29) is 6.61 Å². The second-order valence-corrected chi connectivity index (χ2v) is 6.56. The Morgan fingerprint density at radius 2 is 1.46 bits per heavy atom. The summed E-state index contributed by atoms with van der Waals surface area (Å²) >= 11 is 0. The van der Waals surface area contributed by atoms with Gasteiger partial charge in [-0.2, -0.15) is 0 Å². The number of amides is 1. The minimum Gasteiger partial charge on any atom is -0.464 e. The van der Waals surface area contributed by atoms with Crippen molar-refractivity contribution in [2.24, 2.45) is 0 Å². The molecule has 1 atom stereocenters. The molecular formula is C17H18F5NO5. The second-order valence-electron chi connectivity index (χ2n) is 6.56. The SMILES string of the molecule is CCOC(=O)C(C)(O)C1(O)CCN(C(=O)c2c(F)c(F)c(F)c(F)c2F)CC1. The highest BCUT2D eigenvalue weighted by Gasteiger charge is 2.54. The van der Waals surface area contributed by atoms with Crippen molar-refractivity contribution in [1.82, 2.24) is 4.90 Å². The number of piperidine rings is 1. The zero-order valence-corrected chi connectivity index (χ0v) is 15.0. The lowest BCUT2D eigenvalue weighted by Crippen LogP contribution is -2.62. The molecule has 1 heterocycles. The van der Waals surface area contributed by atoms with Crippen LogP contribution in [-0.4, -0.2) is 57.9 Å². The number of ether oxygens (including phenoxy) is 1. The smallest absolute Gasteiger partial charge is 0.340 e. The van der Waals surface area contributed by atoms with Crippen LogP contribution in [0.2, 0.25) is 0 Å². The summed E-state index contributed by atoms with van der Waals surface area (Å²) in [5, 5.41) is 20.9. The van der Waals surface area contributed by atoms with Gasteiger partial charge in [-0.15, -0.1) is 0 Å². The number of rotatable bonds is 4. The lowest BCUT2D eigenvalue weighted by Gasteiger charge is -2.44. The molecule has 1 unspecified atom stereocenters. The van der Waals surface area contributed by atoms with E-state index in [1.807, 2.05) is 0 Å². The van der Waals surface area contributed by atoms with Crippen LogP contribution in [0.25, 0.3) is 0 Å². The van der Waals surface area contributed by atoms with Crippen LogP contribution in [0, 0.1) is 29.1 Å². The predicted octanol–water partition coefficient (Wildman–Crippen LogP) is 1.66. The third-order valence-electron chi connectivity index (χ3n) is 4.88. The number of esters is 1. The summed E-state index contributed by atoms with van der Waals surface area (Å²) in [6, 6.07) is 0. The Morgan fingerprint density at radius 3 is 1.89 bits per heavy atom. The van der Waals surface area contributed by atoms with Gasteiger partial charge in [0, 0.05) is 13.1 Å². The molecule has 28 heavy (non-hydrogen) atoms. The zero-order valence-electron chi connectivity index (χ0n) is 15.0. The van der Waals surface area contributed by atoms with Crippen molar-refractivity contribution in [2.45, 2.75) is 37.9 Å². The summed E-state index contributed by atoms with van der Waals surface area (Å²) in [7, 11) is 0. The van der Waals surface area contributed by atoms with Crippen molar-refractivity contribution < 1.29 is 46.5 Å². The summed E-state index contributed by atoms with van der Waals surface area (Å²) < 4.78 is 72.1. The summed E-state index contributed by atoms with van der Waals surface area (Å²) in [5.41, 5.74) is -5.96. The van der Waals surface area contributed by atoms with Crippen molar-refractivity contribution in [2.75, 3.05) is 19.7 Å². The van der Waals surface area contributed by atoms with Gasteiger partial charge >= 0.3 is 5.97 Å². The molecule has 1 aliphatic heterocycles. The van der Waals surface area contributed by atoms with Gasteiger partial charge in [-0.1, -0.05) is 0 Å². The van der Waals surface area contributed by atoms with Crippen LogP contribution in [0.1, 0.15) is 37.0 Å². The fourth-order valence-corrected chi connectivity index (χ4v) is 2.98. The summed E-state index contributed by atoms with van der Waals surface area (Å²) in [4.78, 5) is 24.9. The molecule has 0 aromatic heterocycles. The predicted molar refractivity (Wildman–Crippen MR) is 83.6 cm³/mol. The average molecular weight is 411 g/mol. The minimum absolute atomic E-state index is 0.0596. The van der Waals surface area contributed by atoms with Gasteiger partial charge < -0.3 is 19.8 Å². The first-order chi connectivity index (χ1) is 12.9. The van der Waals surface area contributed by atoms with E-state index in [1.165, 1.54) is 6.92 Å². The number of halogens is 5. The van der Waals surface area contributed by atoms with E-state index in [1.54, 1.807) is 0 Å². The maximum absolute atomic E-state index is 13.8. The Balaban J connectivity index is 2.25. The van der Waals surface area contributed by atoms with Crippen molar-refractivity contribution in [3.63, 3.8) is 0 Å². The van der Waals surface area contributed by atoms with Crippen molar-refractivity contribution in [3.05, 3.63) is 34.6 Å². The Hall–Kier alpha value is -2.27. The molecule has 0 saturated carbocycles. The summed E-state index contributed by atoms with van der Waals surface area (Å²) in [6.45, 7) is 1.63. The largest absolute Gasteiger partial charge is 0.464 e. The van der Waals surface area contributed by atoms with Gasteiger partial charge in [0.2, 0.25) is 5.82 Å². The van der Waals surface area contributed by atoms with Crippen molar-refractivity contribution in [3.8, 4) is 0 Å². The number of carbonyl (C=O) groups excluding carboxylic acids is 2. The number of carbonyl (C=O) groups is 2. The molecule has 1 aromatic rings. The van der Waals surface area contributed by atoms with E-state index in [0.29, 0.717) is 0 Å². The van der Waals surface area contributed by atoms with E-state index in [0.717, 1.165) is 11.8 Å². The van der Waals surface area contributed by atoms with Crippen LogP contribution < -0.4 is 0 Å². The average Bonchev–Trinajstić information content (AvgIpc) is 2.65.